The molecule has 4 saturated carbocycles. The van der Waals surface area contributed by atoms with Crippen molar-refractivity contribution in [2.75, 3.05) is 0 Å². The highest BCUT2D eigenvalue weighted by Gasteiger charge is 2.70. The lowest BCUT2D eigenvalue weighted by Crippen LogP contribution is -2.66. The van der Waals surface area contributed by atoms with E-state index in [4.69, 9.17) is 4.74 Å². The van der Waals surface area contributed by atoms with Crippen LogP contribution in [-0.4, -0.2) is 23.1 Å². The molecule has 4 fully saturated rings. The molecule has 4 heteroatoms. The number of carboxylic acids is 1. The Morgan fingerprint density at radius 2 is 1.54 bits per heavy atom. The van der Waals surface area contributed by atoms with Crippen LogP contribution >= 0.6 is 0 Å². The average Bonchev–Trinajstić information content (AvgIpc) is 2.85. The summed E-state index contributed by atoms with van der Waals surface area (Å²) in [4.78, 5) is 25.7. The molecule has 4 nitrogen and oxygen atoms in total. The van der Waals surface area contributed by atoms with E-state index < -0.39 is 11.4 Å². The lowest BCUT2D eigenvalue weighted by Gasteiger charge is -2.72. The van der Waals surface area contributed by atoms with Crippen LogP contribution in [0.5, 0.6) is 0 Å². The number of ether oxygens (including phenoxy) is 1. The number of fused-ring (bicyclic) bond motifs is 7. The molecule has 39 heavy (non-hydrogen) atoms. The zero-order chi connectivity index (χ0) is 28.8. The molecule has 1 unspecified atom stereocenters. The van der Waals surface area contributed by atoms with Crippen molar-refractivity contribution in [3.63, 3.8) is 0 Å². The van der Waals surface area contributed by atoms with E-state index in [0.717, 1.165) is 51.4 Å². The fourth-order valence-electron chi connectivity index (χ4n) is 11.3. The number of carbonyl (C=O) groups is 2. The molecule has 220 valence electrons. The van der Waals surface area contributed by atoms with Gasteiger partial charge >= 0.3 is 11.9 Å². The Kier molecular flexibility index (Phi) is 6.80. The predicted molar refractivity (Wildman–Crippen MR) is 156 cm³/mol. The number of carbonyl (C=O) groups excluding carboxylic acids is 1. The zero-order valence-corrected chi connectivity index (χ0v) is 26.4. The summed E-state index contributed by atoms with van der Waals surface area (Å²) in [7, 11) is 0. The number of esters is 1. The Morgan fingerprint density at radius 1 is 0.872 bits per heavy atom. The first kappa shape index (κ1) is 29.2. The van der Waals surface area contributed by atoms with Gasteiger partial charge in [-0.1, -0.05) is 74.0 Å². The van der Waals surface area contributed by atoms with Gasteiger partial charge in [0.25, 0.3) is 0 Å². The van der Waals surface area contributed by atoms with Crippen LogP contribution in [0.3, 0.4) is 0 Å². The third-order valence-electron chi connectivity index (χ3n) is 14.2. The van der Waals surface area contributed by atoms with Crippen LogP contribution in [0, 0.1) is 56.2 Å². The Labute approximate surface area is 238 Å². The van der Waals surface area contributed by atoms with E-state index in [2.05, 4.69) is 61.5 Å². The van der Waals surface area contributed by atoms with Crippen molar-refractivity contribution in [3.05, 3.63) is 11.6 Å². The maximum Gasteiger partial charge on any atom is 0.313 e. The van der Waals surface area contributed by atoms with Crippen molar-refractivity contribution >= 4 is 11.9 Å². The van der Waals surface area contributed by atoms with Crippen LogP contribution in [0.25, 0.3) is 0 Å². The number of hydrogen-bond donors (Lipinski definition) is 1. The summed E-state index contributed by atoms with van der Waals surface area (Å²) in [5.41, 5.74) is 1.18. The van der Waals surface area contributed by atoms with Crippen LogP contribution in [0.4, 0.5) is 0 Å². The third-order valence-corrected chi connectivity index (χ3v) is 14.2. The van der Waals surface area contributed by atoms with E-state index >= 15 is 0 Å². The summed E-state index contributed by atoms with van der Waals surface area (Å²) in [6.07, 6.45) is 13.5. The van der Waals surface area contributed by atoms with Gasteiger partial charge in [-0.15, -0.1) is 0 Å². The van der Waals surface area contributed by atoms with E-state index in [1.165, 1.54) is 24.8 Å². The summed E-state index contributed by atoms with van der Waals surface area (Å²) in [5, 5.41) is 10.6. The normalized spacial score (nSPS) is 46.8. The molecule has 5 rings (SSSR count). The molecule has 0 aromatic heterocycles. The second-order valence-electron chi connectivity index (χ2n) is 16.7. The molecule has 0 radical (unpaired) electrons. The van der Waals surface area contributed by atoms with Crippen LogP contribution in [-0.2, 0) is 14.3 Å². The summed E-state index contributed by atoms with van der Waals surface area (Å²) in [6.45, 7) is 21.1. The number of carboxylic acid groups (broad SMARTS) is 1. The van der Waals surface area contributed by atoms with Crippen LogP contribution in [0.15, 0.2) is 11.6 Å². The second-order valence-corrected chi connectivity index (χ2v) is 16.7. The quantitative estimate of drug-likeness (QED) is 0.286. The van der Waals surface area contributed by atoms with E-state index in [-0.39, 0.29) is 45.1 Å². The third kappa shape index (κ3) is 3.95. The van der Waals surface area contributed by atoms with E-state index in [0.29, 0.717) is 17.8 Å². The fourth-order valence-corrected chi connectivity index (χ4v) is 11.3. The maximum atomic E-state index is 12.9. The predicted octanol–water partition coefficient (Wildman–Crippen LogP) is 8.83. The van der Waals surface area contributed by atoms with Crippen molar-refractivity contribution in [3.8, 4) is 0 Å². The molecule has 0 aromatic rings. The minimum absolute atomic E-state index is 0.00570. The molecule has 0 aromatic carbocycles. The molecule has 0 spiro atoms. The smallest absolute Gasteiger partial charge is 0.313 e. The monoisotopic (exact) mass is 540 g/mol. The standard InChI is InChI=1S/C35H56O4/c1-10-22(2)28(36)39-27-14-15-32(7)25(31(27,5)6)13-16-34(9)26(32)12-11-23-24-21-30(3,4)17-19-35(24,29(37)38)20-18-33(23,34)8/h21-23,25-27H,10-20H2,1-9H3,(H,37,38)/t22?,23-,25+,26-,27+,32+,33-,34-,35+/m1/s1. The molecule has 0 aliphatic heterocycles. The number of aliphatic carboxylic acids is 1. The van der Waals surface area contributed by atoms with Gasteiger partial charge in [0, 0.05) is 5.41 Å². The molecule has 5 aliphatic rings. The molecular weight excluding hydrogens is 484 g/mol. The maximum absolute atomic E-state index is 12.9. The highest BCUT2D eigenvalue weighted by atomic mass is 16.5. The first-order chi connectivity index (χ1) is 18.0. The van der Waals surface area contributed by atoms with Gasteiger partial charge in [0.1, 0.15) is 6.10 Å². The highest BCUT2D eigenvalue weighted by Crippen LogP contribution is 2.76. The van der Waals surface area contributed by atoms with Gasteiger partial charge in [-0.25, -0.2) is 0 Å². The minimum atomic E-state index is -0.649. The van der Waals surface area contributed by atoms with Crippen LogP contribution in [0.2, 0.25) is 0 Å². The fraction of sp³-hybridized carbons (Fsp3) is 0.886. The van der Waals surface area contributed by atoms with Gasteiger partial charge in [0.15, 0.2) is 0 Å². The zero-order valence-electron chi connectivity index (χ0n) is 26.4. The number of rotatable bonds is 4. The van der Waals surface area contributed by atoms with Gasteiger partial charge in [0.2, 0.25) is 0 Å². The Balaban J connectivity index is 1.48. The molecule has 1 N–H and O–H groups in total. The summed E-state index contributed by atoms with van der Waals surface area (Å²) >= 11 is 0. The first-order valence-electron chi connectivity index (χ1n) is 16.2. The second kappa shape index (κ2) is 9.09. The van der Waals surface area contributed by atoms with E-state index in [1.54, 1.807) is 0 Å². The summed E-state index contributed by atoms with van der Waals surface area (Å²) in [6, 6.07) is 0. The van der Waals surface area contributed by atoms with Crippen molar-refractivity contribution in [1.82, 2.24) is 0 Å². The van der Waals surface area contributed by atoms with Gasteiger partial charge in [-0.2, -0.15) is 0 Å². The lowest BCUT2D eigenvalue weighted by atomic mass is 9.32. The Morgan fingerprint density at radius 3 is 2.18 bits per heavy atom. The van der Waals surface area contributed by atoms with E-state index in [9.17, 15) is 14.7 Å². The van der Waals surface area contributed by atoms with Gasteiger partial charge in [-0.3, -0.25) is 9.59 Å². The van der Waals surface area contributed by atoms with Gasteiger partial charge in [0.05, 0.1) is 11.3 Å². The molecular formula is C35H56O4. The molecule has 0 heterocycles. The SMILES string of the molecule is CCC(C)C(=O)O[C@H]1CC[C@]2(C)[C@H]3CC[C@@H]4C5=CC(C)(C)CC[C@]5(C(=O)O)CC[C@@]4(C)[C@]3(C)CC[C@H]2C1(C)C. The average molecular weight is 541 g/mol. The Bertz CT molecular complexity index is 1050. The van der Waals surface area contributed by atoms with Crippen molar-refractivity contribution in [2.45, 2.75) is 139 Å². The lowest BCUT2D eigenvalue weighted by molar-refractivity contribution is -0.235. The van der Waals surface area contributed by atoms with Crippen LogP contribution in [0.1, 0.15) is 133 Å². The van der Waals surface area contributed by atoms with E-state index in [1.807, 2.05) is 6.92 Å². The number of hydrogen-bond acceptors (Lipinski definition) is 3. The van der Waals surface area contributed by atoms with Gasteiger partial charge < -0.3 is 9.84 Å². The summed E-state index contributed by atoms with van der Waals surface area (Å²) in [5.74, 6) is 0.861. The molecule has 5 aliphatic carbocycles. The van der Waals surface area contributed by atoms with Gasteiger partial charge in [-0.05, 0) is 110 Å². The van der Waals surface area contributed by atoms with Crippen LogP contribution < -0.4 is 0 Å². The molecule has 0 bridgehead atoms. The summed E-state index contributed by atoms with van der Waals surface area (Å²) < 4.78 is 6.23. The van der Waals surface area contributed by atoms with Crippen molar-refractivity contribution in [1.29, 1.82) is 0 Å². The van der Waals surface area contributed by atoms with Crippen molar-refractivity contribution in [2.24, 2.45) is 56.2 Å². The molecule has 0 amide bonds. The van der Waals surface area contributed by atoms with Crippen molar-refractivity contribution < 1.29 is 19.4 Å². The molecule has 0 saturated heterocycles. The molecule has 9 atom stereocenters. The first-order valence-corrected chi connectivity index (χ1v) is 16.2. The highest BCUT2D eigenvalue weighted by molar-refractivity contribution is 5.80. The minimum Gasteiger partial charge on any atom is -0.481 e. The Hall–Kier alpha value is -1.32. The largest absolute Gasteiger partial charge is 0.481 e. The number of allylic oxidation sites excluding steroid dienone is 1. The topological polar surface area (TPSA) is 63.6 Å².